The third kappa shape index (κ3) is 4.26. The van der Waals surface area contributed by atoms with Crippen molar-refractivity contribution in [1.29, 1.82) is 0 Å². The molecule has 0 spiro atoms. The lowest BCUT2D eigenvalue weighted by atomic mass is 10.1. The number of carbonyl (C=O) groups is 2. The van der Waals surface area contributed by atoms with Crippen molar-refractivity contribution < 1.29 is 19.8 Å². The van der Waals surface area contributed by atoms with Crippen LogP contribution in [-0.2, 0) is 11.2 Å². The Morgan fingerprint density at radius 3 is 2.37 bits per heavy atom. The van der Waals surface area contributed by atoms with E-state index in [1.165, 1.54) is 10.5 Å². The lowest BCUT2D eigenvalue weighted by molar-refractivity contribution is -0.146. The molecule has 0 aliphatic heterocycles. The van der Waals surface area contributed by atoms with E-state index in [1.807, 2.05) is 31.2 Å². The maximum absolute atomic E-state index is 11.7. The van der Waals surface area contributed by atoms with Crippen LogP contribution in [0.4, 0.5) is 10.5 Å². The minimum atomic E-state index is -1.60. The van der Waals surface area contributed by atoms with Crippen molar-refractivity contribution in [1.82, 2.24) is 5.32 Å². The van der Waals surface area contributed by atoms with Gasteiger partial charge in [-0.15, -0.1) is 0 Å². The number of aliphatic hydroxyl groups is 1. The molecule has 0 heterocycles. The molecule has 0 aliphatic rings. The van der Waals surface area contributed by atoms with Crippen LogP contribution in [0, 0.1) is 0 Å². The quantitative estimate of drug-likeness (QED) is 0.736. The Hall–Kier alpha value is -2.08. The summed E-state index contributed by atoms with van der Waals surface area (Å²) in [5.74, 6) is -1.37. The number of carbonyl (C=O) groups excluding carboxylic acids is 1. The van der Waals surface area contributed by atoms with Crippen LogP contribution in [0.5, 0.6) is 0 Å². The van der Waals surface area contributed by atoms with Gasteiger partial charge in [0, 0.05) is 12.7 Å². The first-order chi connectivity index (χ1) is 8.95. The van der Waals surface area contributed by atoms with Crippen LogP contribution in [0.2, 0.25) is 0 Å². The summed E-state index contributed by atoms with van der Waals surface area (Å²) in [6, 6.07) is 7.00. The molecule has 1 rings (SSSR count). The van der Waals surface area contributed by atoms with Crippen LogP contribution in [0.15, 0.2) is 24.3 Å². The van der Waals surface area contributed by atoms with E-state index < -0.39 is 18.1 Å². The molecule has 6 heteroatoms. The van der Waals surface area contributed by atoms with Gasteiger partial charge in [0.25, 0.3) is 0 Å². The van der Waals surface area contributed by atoms with Crippen LogP contribution < -0.4 is 10.2 Å². The summed E-state index contributed by atoms with van der Waals surface area (Å²) in [5, 5.41) is 19.9. The van der Waals surface area contributed by atoms with Crippen LogP contribution in [0.25, 0.3) is 0 Å². The van der Waals surface area contributed by atoms with Crippen LogP contribution in [0.1, 0.15) is 12.5 Å². The molecule has 0 saturated carbocycles. The number of hydrogen-bond acceptors (Lipinski definition) is 3. The second-order valence-electron chi connectivity index (χ2n) is 4.12. The number of carboxylic acid groups (broad SMARTS) is 1. The Labute approximate surface area is 111 Å². The number of nitrogens with zero attached hydrogens (tertiary/aromatic N) is 1. The molecule has 104 valence electrons. The Kier molecular flexibility index (Phi) is 5.32. The Bertz CT molecular complexity index is 444. The first-order valence-electron chi connectivity index (χ1n) is 5.97. The lowest BCUT2D eigenvalue weighted by Crippen LogP contribution is -2.43. The number of hydrogen-bond donors (Lipinski definition) is 3. The summed E-state index contributed by atoms with van der Waals surface area (Å²) in [6.07, 6.45) is -0.680. The Balaban J connectivity index is 2.58. The summed E-state index contributed by atoms with van der Waals surface area (Å²) < 4.78 is 0. The van der Waals surface area contributed by atoms with Crippen molar-refractivity contribution in [2.24, 2.45) is 0 Å². The average molecular weight is 266 g/mol. The number of rotatable bonds is 5. The summed E-state index contributed by atoms with van der Waals surface area (Å²) in [4.78, 5) is 23.5. The molecule has 3 N–H and O–H groups in total. The molecule has 1 atom stereocenters. The highest BCUT2D eigenvalue weighted by Gasteiger charge is 2.16. The van der Waals surface area contributed by atoms with E-state index >= 15 is 0 Å². The molecule has 0 radical (unpaired) electrons. The summed E-state index contributed by atoms with van der Waals surface area (Å²) in [7, 11) is 1.57. The van der Waals surface area contributed by atoms with Gasteiger partial charge in [-0.2, -0.15) is 0 Å². The van der Waals surface area contributed by atoms with E-state index in [0.29, 0.717) is 5.69 Å². The monoisotopic (exact) mass is 266 g/mol. The minimum Gasteiger partial charge on any atom is -0.479 e. The summed E-state index contributed by atoms with van der Waals surface area (Å²) in [6.45, 7) is 1.71. The van der Waals surface area contributed by atoms with Gasteiger partial charge < -0.3 is 15.5 Å². The fourth-order valence-corrected chi connectivity index (χ4v) is 1.46. The third-order valence-corrected chi connectivity index (χ3v) is 2.77. The number of aliphatic carboxylic acids is 1. The lowest BCUT2D eigenvalue weighted by Gasteiger charge is -2.19. The van der Waals surface area contributed by atoms with Gasteiger partial charge in [0.1, 0.15) is 0 Å². The van der Waals surface area contributed by atoms with E-state index in [-0.39, 0.29) is 6.54 Å². The van der Waals surface area contributed by atoms with Crippen LogP contribution >= 0.6 is 0 Å². The van der Waals surface area contributed by atoms with Crippen molar-refractivity contribution in [2.75, 3.05) is 18.5 Å². The predicted octanol–water partition coefficient (Wildman–Crippen LogP) is 0.840. The zero-order valence-corrected chi connectivity index (χ0v) is 11.0. The normalized spacial score (nSPS) is 11.7. The Morgan fingerprint density at radius 1 is 1.32 bits per heavy atom. The molecule has 1 aromatic rings. The fourth-order valence-electron chi connectivity index (χ4n) is 1.46. The van der Waals surface area contributed by atoms with Gasteiger partial charge in [0.2, 0.25) is 0 Å². The second kappa shape index (κ2) is 6.75. The molecule has 0 aliphatic carbocycles. The Morgan fingerprint density at radius 2 is 1.89 bits per heavy atom. The number of urea groups is 1. The minimum absolute atomic E-state index is 0.328. The van der Waals surface area contributed by atoms with Crippen molar-refractivity contribution in [3.05, 3.63) is 29.8 Å². The van der Waals surface area contributed by atoms with Crippen LogP contribution in [-0.4, -0.2) is 41.9 Å². The zero-order chi connectivity index (χ0) is 14.4. The van der Waals surface area contributed by atoms with E-state index in [4.69, 9.17) is 10.2 Å². The predicted molar refractivity (Wildman–Crippen MR) is 71.3 cm³/mol. The van der Waals surface area contributed by atoms with E-state index in [0.717, 1.165) is 6.42 Å². The number of aliphatic hydroxyl groups excluding tert-OH is 1. The van der Waals surface area contributed by atoms with Gasteiger partial charge in [0.05, 0.1) is 6.54 Å². The number of benzene rings is 1. The molecule has 0 fully saturated rings. The number of aryl methyl sites for hydroxylation is 1. The standard InChI is InChI=1S/C13H18N2O4/c1-3-9-4-6-10(7-5-9)15(2)13(19)14-8-11(16)12(17)18/h4-7,11,16H,3,8H2,1-2H3,(H,14,19)(H,17,18). The summed E-state index contributed by atoms with van der Waals surface area (Å²) in [5.41, 5.74) is 1.86. The van der Waals surface area contributed by atoms with Gasteiger partial charge >= 0.3 is 12.0 Å². The summed E-state index contributed by atoms with van der Waals surface area (Å²) >= 11 is 0. The third-order valence-electron chi connectivity index (χ3n) is 2.77. The molecular formula is C13H18N2O4. The van der Waals surface area contributed by atoms with Crippen molar-refractivity contribution in [3.63, 3.8) is 0 Å². The number of anilines is 1. The largest absolute Gasteiger partial charge is 0.479 e. The molecule has 1 aromatic carbocycles. The van der Waals surface area contributed by atoms with Gasteiger partial charge in [-0.1, -0.05) is 19.1 Å². The maximum Gasteiger partial charge on any atom is 0.334 e. The smallest absolute Gasteiger partial charge is 0.334 e. The molecule has 0 saturated heterocycles. The van der Waals surface area contributed by atoms with E-state index in [9.17, 15) is 9.59 Å². The van der Waals surface area contributed by atoms with Crippen molar-refractivity contribution in [2.45, 2.75) is 19.4 Å². The van der Waals surface area contributed by atoms with Crippen molar-refractivity contribution >= 4 is 17.7 Å². The molecule has 6 nitrogen and oxygen atoms in total. The van der Waals surface area contributed by atoms with Crippen molar-refractivity contribution in [3.8, 4) is 0 Å². The fraction of sp³-hybridized carbons (Fsp3) is 0.385. The van der Waals surface area contributed by atoms with Gasteiger partial charge in [-0.25, -0.2) is 9.59 Å². The number of nitrogens with one attached hydrogen (secondary N) is 1. The average Bonchev–Trinajstić information content (AvgIpc) is 2.43. The van der Waals surface area contributed by atoms with Gasteiger partial charge in [-0.3, -0.25) is 4.90 Å². The molecule has 1 unspecified atom stereocenters. The molecule has 0 aromatic heterocycles. The van der Waals surface area contributed by atoms with Crippen LogP contribution in [0.3, 0.4) is 0 Å². The molecule has 19 heavy (non-hydrogen) atoms. The molecule has 2 amide bonds. The topological polar surface area (TPSA) is 89.9 Å². The number of amides is 2. The zero-order valence-electron chi connectivity index (χ0n) is 11.0. The molecular weight excluding hydrogens is 248 g/mol. The number of carboxylic acids is 1. The highest BCUT2D eigenvalue weighted by molar-refractivity contribution is 5.91. The second-order valence-corrected chi connectivity index (χ2v) is 4.12. The van der Waals surface area contributed by atoms with E-state index in [2.05, 4.69) is 5.32 Å². The first kappa shape index (κ1) is 15.0. The van der Waals surface area contributed by atoms with Gasteiger partial charge in [-0.05, 0) is 24.1 Å². The SMILES string of the molecule is CCc1ccc(N(C)C(=O)NCC(O)C(=O)O)cc1. The highest BCUT2D eigenvalue weighted by Crippen LogP contribution is 2.14. The van der Waals surface area contributed by atoms with Gasteiger partial charge in [0.15, 0.2) is 6.10 Å². The van der Waals surface area contributed by atoms with E-state index in [1.54, 1.807) is 7.05 Å². The first-order valence-corrected chi connectivity index (χ1v) is 5.97. The molecule has 0 bridgehead atoms. The highest BCUT2D eigenvalue weighted by atomic mass is 16.4. The maximum atomic E-state index is 11.7.